The van der Waals surface area contributed by atoms with Gasteiger partial charge < -0.3 is 14.5 Å². The second-order valence-corrected chi connectivity index (χ2v) is 7.84. The van der Waals surface area contributed by atoms with Gasteiger partial charge >= 0.3 is 0 Å². The second kappa shape index (κ2) is 9.47. The number of para-hydroxylation sites is 1. The quantitative estimate of drug-likeness (QED) is 0.339. The molecule has 0 aliphatic carbocycles. The number of halogens is 3. The zero-order chi connectivity index (χ0) is 21.8. The van der Waals surface area contributed by atoms with Gasteiger partial charge in [-0.2, -0.15) is 5.10 Å². The minimum Gasteiger partial charge on any atom is -0.484 e. The zero-order valence-electron chi connectivity index (χ0n) is 16.0. The van der Waals surface area contributed by atoms with Gasteiger partial charge in [0.2, 0.25) is 0 Å². The molecule has 0 aliphatic rings. The molecule has 31 heavy (non-hydrogen) atoms. The predicted molar refractivity (Wildman–Crippen MR) is 120 cm³/mol. The Morgan fingerprint density at radius 1 is 1.03 bits per heavy atom. The van der Waals surface area contributed by atoms with Crippen molar-refractivity contribution in [1.82, 2.24) is 9.78 Å². The molecular weight excluding hydrogens is 461 g/mol. The number of anilines is 1. The van der Waals surface area contributed by atoms with Gasteiger partial charge in [0.1, 0.15) is 18.1 Å². The van der Waals surface area contributed by atoms with Crippen molar-refractivity contribution < 1.29 is 13.9 Å². The molecule has 0 bridgehead atoms. The van der Waals surface area contributed by atoms with Gasteiger partial charge in [0.15, 0.2) is 5.76 Å². The van der Waals surface area contributed by atoms with E-state index in [1.165, 1.54) is 0 Å². The number of carbonyl (C=O) groups excluding carboxylic acids is 1. The number of furan rings is 1. The molecule has 158 valence electrons. The van der Waals surface area contributed by atoms with Crippen LogP contribution in [0.15, 0.2) is 71.4 Å². The van der Waals surface area contributed by atoms with E-state index in [2.05, 4.69) is 10.4 Å². The molecule has 4 aromatic rings. The van der Waals surface area contributed by atoms with Crippen LogP contribution in [0.2, 0.25) is 15.1 Å². The normalized spacial score (nSPS) is 10.8. The molecular formula is C22H16Cl3N3O3. The van der Waals surface area contributed by atoms with E-state index < -0.39 is 5.91 Å². The van der Waals surface area contributed by atoms with Crippen LogP contribution in [0, 0.1) is 0 Å². The number of rotatable bonds is 7. The lowest BCUT2D eigenvalue weighted by Crippen LogP contribution is -2.10. The van der Waals surface area contributed by atoms with Crippen molar-refractivity contribution in [1.29, 1.82) is 0 Å². The molecule has 0 fully saturated rings. The molecule has 2 aromatic carbocycles. The fraction of sp³-hybridized carbons (Fsp3) is 0.0909. The van der Waals surface area contributed by atoms with Crippen LogP contribution in [0.1, 0.15) is 21.9 Å². The lowest BCUT2D eigenvalue weighted by Gasteiger charge is -2.05. The number of benzene rings is 2. The van der Waals surface area contributed by atoms with Gasteiger partial charge in [-0.25, -0.2) is 0 Å². The number of ether oxygens (including phenoxy) is 1. The highest BCUT2D eigenvalue weighted by Gasteiger charge is 2.13. The number of carbonyl (C=O) groups is 1. The summed E-state index contributed by atoms with van der Waals surface area (Å²) in [6, 6.07) is 15.8. The third kappa shape index (κ3) is 5.41. The van der Waals surface area contributed by atoms with Gasteiger partial charge in [0.05, 0.1) is 33.5 Å². The molecule has 2 heterocycles. The monoisotopic (exact) mass is 475 g/mol. The molecule has 9 heteroatoms. The topological polar surface area (TPSA) is 69.3 Å². The van der Waals surface area contributed by atoms with E-state index in [1.807, 2.05) is 18.2 Å². The number of nitrogens with one attached hydrogen (secondary N) is 1. The van der Waals surface area contributed by atoms with Gasteiger partial charge in [0.25, 0.3) is 5.91 Å². The number of aromatic nitrogens is 2. The molecule has 0 saturated heterocycles. The Hall–Kier alpha value is -2.93. The van der Waals surface area contributed by atoms with Crippen LogP contribution in [0.5, 0.6) is 5.75 Å². The average molecular weight is 477 g/mol. The van der Waals surface area contributed by atoms with E-state index in [1.54, 1.807) is 53.5 Å². The Labute approximate surface area is 193 Å². The zero-order valence-corrected chi connectivity index (χ0v) is 18.3. The smallest absolute Gasteiger partial charge is 0.291 e. The number of nitrogens with zero attached hydrogens (tertiary/aromatic N) is 2. The van der Waals surface area contributed by atoms with Gasteiger partial charge in [-0.15, -0.1) is 0 Å². The predicted octanol–water partition coefficient (Wildman–Crippen LogP) is 6.32. The summed E-state index contributed by atoms with van der Waals surface area (Å²) in [6.07, 6.45) is 3.27. The van der Waals surface area contributed by atoms with Gasteiger partial charge in [-0.05, 0) is 42.0 Å². The van der Waals surface area contributed by atoms with E-state index in [9.17, 15) is 4.79 Å². The maximum Gasteiger partial charge on any atom is 0.291 e. The van der Waals surface area contributed by atoms with Crippen LogP contribution in [-0.4, -0.2) is 15.7 Å². The average Bonchev–Trinajstić information content (AvgIpc) is 3.40. The summed E-state index contributed by atoms with van der Waals surface area (Å²) >= 11 is 18.0. The molecule has 0 aliphatic heterocycles. The number of hydrogen-bond donors (Lipinski definition) is 1. The van der Waals surface area contributed by atoms with Crippen LogP contribution in [0.25, 0.3) is 0 Å². The highest BCUT2D eigenvalue weighted by Crippen LogP contribution is 2.25. The van der Waals surface area contributed by atoms with E-state index in [-0.39, 0.29) is 12.4 Å². The van der Waals surface area contributed by atoms with Crippen molar-refractivity contribution in [2.24, 2.45) is 0 Å². The van der Waals surface area contributed by atoms with Crippen LogP contribution in [0.3, 0.4) is 0 Å². The number of hydrogen-bond acceptors (Lipinski definition) is 4. The molecule has 0 spiro atoms. The standard InChI is InChI=1S/C22H16Cl3N3O3/c23-17-7-5-14(9-19(17)25)11-28-12-15(10-26-28)27-22(29)21-8-6-16(31-21)13-30-20-4-2-1-3-18(20)24/h1-10,12H,11,13H2,(H,27,29). The SMILES string of the molecule is O=C(Nc1cnn(Cc2ccc(Cl)c(Cl)c2)c1)c1ccc(COc2ccccc2Cl)o1. The van der Waals surface area contributed by atoms with Gasteiger partial charge in [0, 0.05) is 6.20 Å². The van der Waals surface area contributed by atoms with Crippen molar-refractivity contribution >= 4 is 46.4 Å². The molecule has 0 saturated carbocycles. The van der Waals surface area contributed by atoms with Crippen molar-refractivity contribution in [3.63, 3.8) is 0 Å². The van der Waals surface area contributed by atoms with Crippen LogP contribution in [0.4, 0.5) is 5.69 Å². The highest BCUT2D eigenvalue weighted by molar-refractivity contribution is 6.42. The summed E-state index contributed by atoms with van der Waals surface area (Å²) in [4.78, 5) is 12.5. The van der Waals surface area contributed by atoms with E-state index in [0.717, 1.165) is 5.56 Å². The fourth-order valence-electron chi connectivity index (χ4n) is 2.82. The van der Waals surface area contributed by atoms with Crippen molar-refractivity contribution in [2.45, 2.75) is 13.2 Å². The second-order valence-electron chi connectivity index (χ2n) is 6.61. The Morgan fingerprint density at radius 3 is 2.68 bits per heavy atom. The number of amides is 1. The Bertz CT molecular complexity index is 1220. The summed E-state index contributed by atoms with van der Waals surface area (Å²) in [5, 5.41) is 8.48. The van der Waals surface area contributed by atoms with Crippen molar-refractivity contribution in [3.8, 4) is 5.75 Å². The van der Waals surface area contributed by atoms with Gasteiger partial charge in [-0.3, -0.25) is 9.48 Å². The van der Waals surface area contributed by atoms with Crippen LogP contribution in [-0.2, 0) is 13.2 Å². The van der Waals surface area contributed by atoms with Gasteiger partial charge in [-0.1, -0.05) is 53.0 Å². The summed E-state index contributed by atoms with van der Waals surface area (Å²) in [6.45, 7) is 0.635. The minimum absolute atomic E-state index is 0.151. The Morgan fingerprint density at radius 2 is 1.87 bits per heavy atom. The maximum atomic E-state index is 12.5. The first kappa shape index (κ1) is 21.3. The molecule has 2 aromatic heterocycles. The maximum absolute atomic E-state index is 12.5. The third-order valence-corrected chi connectivity index (χ3v) is 5.36. The first-order valence-electron chi connectivity index (χ1n) is 9.22. The molecule has 0 unspecified atom stereocenters. The molecule has 1 amide bonds. The van der Waals surface area contributed by atoms with E-state index in [0.29, 0.717) is 38.8 Å². The fourth-order valence-corrected chi connectivity index (χ4v) is 3.33. The first-order valence-corrected chi connectivity index (χ1v) is 10.3. The summed E-state index contributed by atoms with van der Waals surface area (Å²) < 4.78 is 12.9. The largest absolute Gasteiger partial charge is 0.484 e. The lowest BCUT2D eigenvalue weighted by molar-refractivity contribution is 0.0992. The molecule has 1 N–H and O–H groups in total. The summed E-state index contributed by atoms with van der Waals surface area (Å²) in [7, 11) is 0. The Kier molecular flexibility index (Phi) is 6.51. The first-order chi connectivity index (χ1) is 15.0. The Balaban J connectivity index is 1.34. The van der Waals surface area contributed by atoms with Crippen molar-refractivity contribution in [3.05, 3.63) is 99.1 Å². The van der Waals surface area contributed by atoms with Crippen LogP contribution < -0.4 is 10.1 Å². The summed E-state index contributed by atoms with van der Waals surface area (Å²) in [5.74, 6) is 0.814. The minimum atomic E-state index is -0.391. The van der Waals surface area contributed by atoms with E-state index in [4.69, 9.17) is 44.0 Å². The molecule has 6 nitrogen and oxygen atoms in total. The highest BCUT2D eigenvalue weighted by atomic mass is 35.5. The molecule has 0 radical (unpaired) electrons. The molecule has 0 atom stereocenters. The van der Waals surface area contributed by atoms with Crippen molar-refractivity contribution in [2.75, 3.05) is 5.32 Å². The molecule has 4 rings (SSSR count). The van der Waals surface area contributed by atoms with E-state index >= 15 is 0 Å². The summed E-state index contributed by atoms with van der Waals surface area (Å²) in [5.41, 5.74) is 1.47. The lowest BCUT2D eigenvalue weighted by atomic mass is 10.2. The third-order valence-electron chi connectivity index (χ3n) is 4.31. The van der Waals surface area contributed by atoms with Crippen LogP contribution >= 0.6 is 34.8 Å².